The zero-order valence-corrected chi connectivity index (χ0v) is 13.5. The second-order valence-electron chi connectivity index (χ2n) is 6.17. The van der Waals surface area contributed by atoms with E-state index in [4.69, 9.17) is 0 Å². The number of nitriles is 1. The molecule has 0 spiro atoms. The molecule has 1 aromatic heterocycles. The molecule has 0 unspecified atom stereocenters. The van der Waals surface area contributed by atoms with Gasteiger partial charge in [0.15, 0.2) is 5.82 Å². The van der Waals surface area contributed by atoms with Gasteiger partial charge in [-0.3, -0.25) is 4.79 Å². The predicted octanol–water partition coefficient (Wildman–Crippen LogP) is 3.41. The standard InChI is InChI=1S/C20H16N4O/c21-14-15-6-4-5-9-17(15)20(11-12-20)19(25)22-18-10-13-24(23-18)16-7-2-1-3-8-16/h1-10,13H,11-12H2,(H,22,23,25). The van der Waals surface area contributed by atoms with Crippen LogP contribution in [0.4, 0.5) is 5.82 Å². The van der Waals surface area contributed by atoms with E-state index in [2.05, 4.69) is 16.5 Å². The first-order valence-corrected chi connectivity index (χ1v) is 8.15. The summed E-state index contributed by atoms with van der Waals surface area (Å²) >= 11 is 0. The van der Waals surface area contributed by atoms with E-state index >= 15 is 0 Å². The van der Waals surface area contributed by atoms with Crippen molar-refractivity contribution < 1.29 is 4.79 Å². The molecule has 122 valence electrons. The number of benzene rings is 2. The zero-order chi connectivity index (χ0) is 17.3. The van der Waals surface area contributed by atoms with Gasteiger partial charge in [-0.05, 0) is 36.6 Å². The SMILES string of the molecule is N#Cc1ccccc1C1(C(=O)Nc2ccn(-c3ccccc3)n2)CC1. The van der Waals surface area contributed by atoms with E-state index in [0.717, 1.165) is 24.1 Å². The molecule has 1 saturated carbocycles. The molecule has 0 radical (unpaired) electrons. The van der Waals surface area contributed by atoms with Crippen LogP contribution in [-0.4, -0.2) is 15.7 Å². The Morgan fingerprint density at radius 2 is 1.80 bits per heavy atom. The Kier molecular flexibility index (Phi) is 3.58. The summed E-state index contributed by atoms with van der Waals surface area (Å²) in [4.78, 5) is 12.8. The zero-order valence-electron chi connectivity index (χ0n) is 13.5. The van der Waals surface area contributed by atoms with Crippen molar-refractivity contribution in [1.82, 2.24) is 9.78 Å². The third kappa shape index (κ3) is 2.68. The van der Waals surface area contributed by atoms with E-state index in [1.165, 1.54) is 0 Å². The Morgan fingerprint density at radius 3 is 2.52 bits per heavy atom. The van der Waals surface area contributed by atoms with Crippen molar-refractivity contribution in [2.24, 2.45) is 0 Å². The van der Waals surface area contributed by atoms with Gasteiger partial charge >= 0.3 is 0 Å². The molecule has 25 heavy (non-hydrogen) atoms. The van der Waals surface area contributed by atoms with Crippen LogP contribution in [0.3, 0.4) is 0 Å². The summed E-state index contributed by atoms with van der Waals surface area (Å²) in [6, 6.07) is 21.0. The number of hydrogen-bond acceptors (Lipinski definition) is 3. The number of nitrogens with zero attached hydrogens (tertiary/aromatic N) is 3. The van der Waals surface area contributed by atoms with Crippen LogP contribution >= 0.6 is 0 Å². The Hall–Kier alpha value is -3.39. The highest BCUT2D eigenvalue weighted by atomic mass is 16.2. The summed E-state index contributed by atoms with van der Waals surface area (Å²) in [5.41, 5.74) is 1.68. The quantitative estimate of drug-likeness (QED) is 0.798. The summed E-state index contributed by atoms with van der Waals surface area (Å²) < 4.78 is 1.72. The maximum absolute atomic E-state index is 12.8. The van der Waals surface area contributed by atoms with Crippen LogP contribution in [0.5, 0.6) is 0 Å². The summed E-state index contributed by atoms with van der Waals surface area (Å²) in [6.45, 7) is 0. The number of aromatic nitrogens is 2. The molecule has 0 aliphatic heterocycles. The fraction of sp³-hybridized carbons (Fsp3) is 0.150. The highest BCUT2D eigenvalue weighted by Gasteiger charge is 2.52. The van der Waals surface area contributed by atoms with Gasteiger partial charge in [-0.15, -0.1) is 0 Å². The molecule has 0 bridgehead atoms. The van der Waals surface area contributed by atoms with Crippen LogP contribution < -0.4 is 5.32 Å². The molecule has 1 heterocycles. The second-order valence-corrected chi connectivity index (χ2v) is 6.17. The van der Waals surface area contributed by atoms with Crippen molar-refractivity contribution in [3.8, 4) is 11.8 Å². The van der Waals surface area contributed by atoms with Crippen molar-refractivity contribution in [3.63, 3.8) is 0 Å². The van der Waals surface area contributed by atoms with Gasteiger partial charge in [0.1, 0.15) is 0 Å². The number of hydrogen-bond donors (Lipinski definition) is 1. The van der Waals surface area contributed by atoms with E-state index in [-0.39, 0.29) is 5.91 Å². The molecular formula is C20H16N4O. The maximum atomic E-state index is 12.8. The average Bonchev–Trinajstić information content (AvgIpc) is 3.35. The summed E-state index contributed by atoms with van der Waals surface area (Å²) in [7, 11) is 0. The van der Waals surface area contributed by atoms with Crippen molar-refractivity contribution >= 4 is 11.7 Å². The van der Waals surface area contributed by atoms with Crippen LogP contribution in [0.25, 0.3) is 5.69 Å². The topological polar surface area (TPSA) is 70.7 Å². The summed E-state index contributed by atoms with van der Waals surface area (Å²) in [5, 5.41) is 16.6. The van der Waals surface area contributed by atoms with Crippen molar-refractivity contribution in [2.45, 2.75) is 18.3 Å². The Bertz CT molecular complexity index is 965. The molecule has 1 fully saturated rings. The van der Waals surface area contributed by atoms with Crippen LogP contribution in [-0.2, 0) is 10.2 Å². The van der Waals surface area contributed by atoms with E-state index < -0.39 is 5.41 Å². The van der Waals surface area contributed by atoms with Crippen molar-refractivity contribution in [2.75, 3.05) is 5.32 Å². The van der Waals surface area contributed by atoms with Gasteiger partial charge in [-0.1, -0.05) is 36.4 Å². The number of para-hydroxylation sites is 1. The number of amides is 1. The number of carbonyl (C=O) groups excluding carboxylic acids is 1. The van der Waals surface area contributed by atoms with Gasteiger partial charge in [0, 0.05) is 12.3 Å². The molecule has 0 saturated heterocycles. The first-order chi connectivity index (χ1) is 12.2. The van der Waals surface area contributed by atoms with Gasteiger partial charge in [0.2, 0.25) is 5.91 Å². The largest absolute Gasteiger partial charge is 0.308 e. The van der Waals surface area contributed by atoms with Gasteiger partial charge in [-0.2, -0.15) is 10.4 Å². The van der Waals surface area contributed by atoms with Crippen molar-refractivity contribution in [1.29, 1.82) is 5.26 Å². The minimum atomic E-state index is -0.608. The molecule has 2 aromatic carbocycles. The molecule has 3 aromatic rings. The second kappa shape index (κ2) is 5.91. The molecule has 5 heteroatoms. The molecule has 1 aliphatic carbocycles. The number of anilines is 1. The molecule has 5 nitrogen and oxygen atoms in total. The first kappa shape index (κ1) is 15.2. The maximum Gasteiger partial charge on any atom is 0.236 e. The number of nitrogens with one attached hydrogen (secondary N) is 1. The molecule has 1 amide bonds. The van der Waals surface area contributed by atoms with E-state index in [1.54, 1.807) is 16.8 Å². The smallest absolute Gasteiger partial charge is 0.236 e. The molecule has 4 rings (SSSR count). The normalized spacial score (nSPS) is 14.5. The molecule has 0 atom stereocenters. The summed E-state index contributed by atoms with van der Waals surface area (Å²) in [6.07, 6.45) is 3.31. The molecular weight excluding hydrogens is 312 g/mol. The number of carbonyl (C=O) groups is 1. The lowest BCUT2D eigenvalue weighted by Crippen LogP contribution is -2.28. The monoisotopic (exact) mass is 328 g/mol. The van der Waals surface area contributed by atoms with E-state index in [1.807, 2.05) is 54.7 Å². The lowest BCUT2D eigenvalue weighted by atomic mass is 9.91. The van der Waals surface area contributed by atoms with Gasteiger partial charge < -0.3 is 5.32 Å². The third-order valence-electron chi connectivity index (χ3n) is 4.60. The van der Waals surface area contributed by atoms with Crippen LogP contribution in [0.1, 0.15) is 24.0 Å². The predicted molar refractivity (Wildman–Crippen MR) is 94.3 cm³/mol. The Labute approximate surface area is 145 Å². The van der Waals surface area contributed by atoms with Gasteiger partial charge in [0.05, 0.1) is 22.7 Å². The summed E-state index contributed by atoms with van der Waals surface area (Å²) in [5.74, 6) is 0.406. The minimum absolute atomic E-state index is 0.103. The van der Waals surface area contributed by atoms with Gasteiger partial charge in [-0.25, -0.2) is 4.68 Å². The lowest BCUT2D eigenvalue weighted by Gasteiger charge is -2.16. The number of rotatable bonds is 4. The molecule has 1 aliphatic rings. The van der Waals surface area contributed by atoms with E-state index in [9.17, 15) is 10.1 Å². The van der Waals surface area contributed by atoms with E-state index in [0.29, 0.717) is 11.4 Å². The highest BCUT2D eigenvalue weighted by molar-refractivity contribution is 6.01. The minimum Gasteiger partial charge on any atom is -0.308 e. The Morgan fingerprint density at radius 1 is 1.08 bits per heavy atom. The van der Waals surface area contributed by atoms with Crippen LogP contribution in [0.15, 0.2) is 66.9 Å². The first-order valence-electron chi connectivity index (χ1n) is 8.15. The highest BCUT2D eigenvalue weighted by Crippen LogP contribution is 2.50. The van der Waals surface area contributed by atoms with Crippen LogP contribution in [0.2, 0.25) is 0 Å². The fourth-order valence-electron chi connectivity index (χ4n) is 3.09. The Balaban J connectivity index is 1.57. The molecule has 1 N–H and O–H groups in total. The average molecular weight is 328 g/mol. The van der Waals surface area contributed by atoms with Crippen LogP contribution in [0, 0.1) is 11.3 Å². The fourth-order valence-corrected chi connectivity index (χ4v) is 3.09. The van der Waals surface area contributed by atoms with Gasteiger partial charge in [0.25, 0.3) is 0 Å². The van der Waals surface area contributed by atoms with Crippen molar-refractivity contribution in [3.05, 3.63) is 78.0 Å². The lowest BCUT2D eigenvalue weighted by molar-refractivity contribution is -0.118. The third-order valence-corrected chi connectivity index (χ3v) is 4.60.